The highest BCUT2D eigenvalue weighted by Crippen LogP contribution is 2.08. The minimum Gasteiger partial charge on any atom is -0.266 e. The van der Waals surface area contributed by atoms with Gasteiger partial charge in [0, 0.05) is 0 Å². The van der Waals surface area contributed by atoms with Crippen molar-refractivity contribution in [3.63, 3.8) is 0 Å². The van der Waals surface area contributed by atoms with Gasteiger partial charge in [-0.2, -0.15) is 20.5 Å². The lowest BCUT2D eigenvalue weighted by Gasteiger charge is -2.05. The highest BCUT2D eigenvalue weighted by atomic mass is 15.3. The van der Waals surface area contributed by atoms with Crippen LogP contribution in [0.3, 0.4) is 0 Å². The van der Waals surface area contributed by atoms with Crippen LogP contribution in [0.25, 0.3) is 0 Å². The maximum absolute atomic E-state index is 3.56. The van der Waals surface area contributed by atoms with Crippen LogP contribution in [0.2, 0.25) is 0 Å². The monoisotopic (exact) mass is 282 g/mol. The van der Waals surface area contributed by atoms with Crippen LogP contribution in [0.5, 0.6) is 0 Å². The predicted octanol–water partition coefficient (Wildman–Crippen LogP) is 3.71. The average molecular weight is 282 g/mol. The van der Waals surface area contributed by atoms with E-state index in [1.165, 1.54) is 12.7 Å². The van der Waals surface area contributed by atoms with Crippen molar-refractivity contribution < 1.29 is 0 Å². The fourth-order valence-electron chi connectivity index (χ4n) is 0.333. The van der Waals surface area contributed by atoms with Gasteiger partial charge >= 0.3 is 0 Å². The molecule has 0 amide bonds. The number of aromatic amines is 2. The molecule has 6 nitrogen and oxygen atoms in total. The minimum atomic E-state index is 0.500. The predicted molar refractivity (Wildman–Crippen MR) is 83.0 cm³/mol. The summed E-state index contributed by atoms with van der Waals surface area (Å²) in [5, 5.41) is 15.3. The van der Waals surface area contributed by atoms with Crippen LogP contribution in [0.15, 0.2) is 25.0 Å². The maximum Gasteiger partial charge on any atom is 0.137 e. The first-order valence-electron chi connectivity index (χ1n) is 6.58. The van der Waals surface area contributed by atoms with E-state index in [1.54, 1.807) is 12.4 Å². The molecule has 116 valence electrons. The van der Waals surface area contributed by atoms with Gasteiger partial charge in [0.1, 0.15) is 12.7 Å². The number of H-pyrrole nitrogens is 2. The molecule has 20 heavy (non-hydrogen) atoms. The zero-order chi connectivity index (χ0) is 16.1. The van der Waals surface area contributed by atoms with Crippen molar-refractivity contribution in [1.29, 1.82) is 0 Å². The van der Waals surface area contributed by atoms with E-state index in [4.69, 9.17) is 0 Å². The van der Waals surface area contributed by atoms with Gasteiger partial charge in [0.15, 0.2) is 0 Å². The molecule has 2 rings (SSSR count). The van der Waals surface area contributed by atoms with E-state index in [1.807, 2.05) is 0 Å². The molecule has 0 bridgehead atoms. The third-order valence-electron chi connectivity index (χ3n) is 0.662. The molecule has 2 aromatic rings. The molecule has 2 aromatic heterocycles. The lowest BCUT2D eigenvalue weighted by atomic mass is 10.0. The van der Waals surface area contributed by atoms with Crippen LogP contribution < -0.4 is 0 Å². The first kappa shape index (κ1) is 20.6. The molecule has 0 aliphatic carbocycles. The zero-order valence-corrected chi connectivity index (χ0v) is 14.1. The SMILES string of the molecule is CC(C)(C)C.CC(C)(C)C.c1cn[nH]n1.c1nc[nH]n1. The quantitative estimate of drug-likeness (QED) is 0.771. The summed E-state index contributed by atoms with van der Waals surface area (Å²) < 4.78 is 0. The van der Waals surface area contributed by atoms with E-state index >= 15 is 0 Å². The number of nitrogens with zero attached hydrogens (tertiary/aromatic N) is 4. The molecule has 0 saturated heterocycles. The second-order valence-corrected chi connectivity index (χ2v) is 7.31. The molecule has 0 aliphatic heterocycles. The summed E-state index contributed by atoms with van der Waals surface area (Å²) in [5.74, 6) is 0. The molecular formula is C14H30N6. The molecule has 0 radical (unpaired) electrons. The Kier molecular flexibility index (Phi) is 11.5. The first-order chi connectivity index (χ1) is 9.00. The molecule has 0 unspecified atom stereocenters. The van der Waals surface area contributed by atoms with Crippen molar-refractivity contribution in [2.24, 2.45) is 10.8 Å². The summed E-state index contributed by atoms with van der Waals surface area (Å²) in [6.45, 7) is 17.5. The topological polar surface area (TPSA) is 83.1 Å². The molecule has 6 heteroatoms. The number of hydrogen-bond acceptors (Lipinski definition) is 4. The summed E-state index contributed by atoms with van der Waals surface area (Å²) in [5.41, 5.74) is 1.00. The summed E-state index contributed by atoms with van der Waals surface area (Å²) in [6, 6.07) is 0. The summed E-state index contributed by atoms with van der Waals surface area (Å²) in [6.07, 6.45) is 6.12. The average Bonchev–Trinajstić information content (AvgIpc) is 2.92. The lowest BCUT2D eigenvalue weighted by Crippen LogP contribution is -1.93. The molecule has 0 aliphatic rings. The Hall–Kier alpha value is -1.72. The smallest absolute Gasteiger partial charge is 0.137 e. The Morgan fingerprint density at radius 3 is 1.20 bits per heavy atom. The largest absolute Gasteiger partial charge is 0.266 e. The van der Waals surface area contributed by atoms with Crippen molar-refractivity contribution in [2.45, 2.75) is 55.4 Å². The highest BCUT2D eigenvalue weighted by molar-refractivity contribution is 4.55. The van der Waals surface area contributed by atoms with E-state index in [0.717, 1.165) is 0 Å². The van der Waals surface area contributed by atoms with Gasteiger partial charge in [-0.1, -0.05) is 55.4 Å². The summed E-state index contributed by atoms with van der Waals surface area (Å²) in [4.78, 5) is 3.56. The van der Waals surface area contributed by atoms with E-state index in [0.29, 0.717) is 10.8 Å². The van der Waals surface area contributed by atoms with Crippen LogP contribution in [0.4, 0.5) is 0 Å². The van der Waals surface area contributed by atoms with E-state index in [9.17, 15) is 0 Å². The summed E-state index contributed by atoms with van der Waals surface area (Å²) in [7, 11) is 0. The van der Waals surface area contributed by atoms with E-state index in [-0.39, 0.29) is 0 Å². The van der Waals surface area contributed by atoms with E-state index in [2.05, 4.69) is 86.0 Å². The van der Waals surface area contributed by atoms with Crippen LogP contribution in [0, 0.1) is 10.8 Å². The van der Waals surface area contributed by atoms with Crippen molar-refractivity contribution in [3.8, 4) is 0 Å². The number of aromatic nitrogens is 6. The van der Waals surface area contributed by atoms with Gasteiger partial charge in [0.05, 0.1) is 12.4 Å². The van der Waals surface area contributed by atoms with Crippen molar-refractivity contribution in [2.75, 3.05) is 0 Å². The van der Waals surface area contributed by atoms with Gasteiger partial charge in [0.2, 0.25) is 0 Å². The third kappa shape index (κ3) is 55.4. The van der Waals surface area contributed by atoms with Crippen LogP contribution >= 0.6 is 0 Å². The normalized spacial score (nSPS) is 10.0. The molecule has 0 atom stereocenters. The van der Waals surface area contributed by atoms with Gasteiger partial charge in [-0.25, -0.2) is 4.98 Å². The second kappa shape index (κ2) is 11.1. The highest BCUT2D eigenvalue weighted by Gasteiger charge is 1.96. The Morgan fingerprint density at radius 1 is 0.700 bits per heavy atom. The fraction of sp³-hybridized carbons (Fsp3) is 0.714. The molecule has 0 fully saturated rings. The van der Waals surface area contributed by atoms with Crippen LogP contribution in [-0.4, -0.2) is 30.6 Å². The van der Waals surface area contributed by atoms with Crippen LogP contribution in [0.1, 0.15) is 55.4 Å². The van der Waals surface area contributed by atoms with Crippen molar-refractivity contribution >= 4 is 0 Å². The number of hydrogen-bond donors (Lipinski definition) is 2. The van der Waals surface area contributed by atoms with Gasteiger partial charge in [-0.05, 0) is 10.8 Å². The molecule has 0 saturated carbocycles. The molecule has 2 heterocycles. The third-order valence-corrected chi connectivity index (χ3v) is 0.662. The molecular weight excluding hydrogens is 252 g/mol. The fourth-order valence-corrected chi connectivity index (χ4v) is 0.333. The number of nitrogens with one attached hydrogen (secondary N) is 2. The molecule has 0 aromatic carbocycles. The van der Waals surface area contributed by atoms with Gasteiger partial charge in [-0.3, -0.25) is 5.10 Å². The lowest BCUT2D eigenvalue weighted by molar-refractivity contribution is 0.469. The standard InChI is InChI=1S/2C5H12.2C2H3N3/c2*1-5(2,3)4;1-3-2-5-4-1;1-2-4-5-3-1/h2*1-4H3;2*1-2H,(H,3,4,5). The Morgan fingerprint density at radius 2 is 1.10 bits per heavy atom. The summed E-state index contributed by atoms with van der Waals surface area (Å²) >= 11 is 0. The van der Waals surface area contributed by atoms with Crippen molar-refractivity contribution in [3.05, 3.63) is 25.0 Å². The van der Waals surface area contributed by atoms with Gasteiger partial charge in [-0.15, -0.1) is 0 Å². The van der Waals surface area contributed by atoms with Crippen molar-refractivity contribution in [1.82, 2.24) is 30.6 Å². The van der Waals surface area contributed by atoms with E-state index < -0.39 is 0 Å². The maximum atomic E-state index is 3.56. The van der Waals surface area contributed by atoms with Crippen LogP contribution in [-0.2, 0) is 0 Å². The first-order valence-corrected chi connectivity index (χ1v) is 6.58. The Bertz CT molecular complexity index is 269. The zero-order valence-electron chi connectivity index (χ0n) is 14.1. The Labute approximate surface area is 122 Å². The van der Waals surface area contributed by atoms with Gasteiger partial charge in [0.25, 0.3) is 0 Å². The minimum absolute atomic E-state index is 0.500. The Balaban J connectivity index is 0. The van der Waals surface area contributed by atoms with Gasteiger partial charge < -0.3 is 0 Å². The molecule has 2 N–H and O–H groups in total. The molecule has 0 spiro atoms. The second-order valence-electron chi connectivity index (χ2n) is 7.31. The number of rotatable bonds is 0.